The maximum Gasteiger partial charge on any atom is 0.267 e. The van der Waals surface area contributed by atoms with Gasteiger partial charge in [0.05, 0.1) is 11.9 Å². The number of H-pyrrole nitrogens is 1. The molecule has 5 heteroatoms. The number of aromatic amines is 1. The molecule has 0 spiro atoms. The zero-order valence-corrected chi connectivity index (χ0v) is 12.5. The summed E-state index contributed by atoms with van der Waals surface area (Å²) in [4.78, 5) is 27.0. The molecule has 19 heavy (non-hydrogen) atoms. The highest BCUT2D eigenvalue weighted by atomic mass is 16.1. The summed E-state index contributed by atoms with van der Waals surface area (Å²) in [6.45, 7) is 12.2. The molecule has 0 fully saturated rings. The molecule has 0 aliphatic heterocycles. The second kappa shape index (κ2) is 6.41. The van der Waals surface area contributed by atoms with Crippen LogP contribution in [0.2, 0.25) is 0 Å². The third-order valence-corrected chi connectivity index (χ3v) is 2.55. The van der Waals surface area contributed by atoms with E-state index in [9.17, 15) is 4.79 Å². The van der Waals surface area contributed by atoms with Gasteiger partial charge in [0.15, 0.2) is 5.65 Å². The highest BCUT2D eigenvalue weighted by molar-refractivity contribution is 5.72. The number of hydrogen-bond acceptors (Lipinski definition) is 4. The van der Waals surface area contributed by atoms with Crippen LogP contribution < -0.4 is 5.56 Å². The third kappa shape index (κ3) is 3.36. The summed E-state index contributed by atoms with van der Waals surface area (Å²) in [6, 6.07) is 0. The minimum absolute atomic E-state index is 0.220. The molecule has 2 aromatic rings. The van der Waals surface area contributed by atoms with Crippen molar-refractivity contribution in [3.05, 3.63) is 28.1 Å². The van der Waals surface area contributed by atoms with E-state index < -0.39 is 0 Å². The van der Waals surface area contributed by atoms with Gasteiger partial charge >= 0.3 is 0 Å². The van der Waals surface area contributed by atoms with Crippen molar-refractivity contribution in [1.82, 2.24) is 19.9 Å². The van der Waals surface area contributed by atoms with Gasteiger partial charge in [-0.2, -0.15) is 0 Å². The van der Waals surface area contributed by atoms with E-state index in [1.165, 1.54) is 6.20 Å². The monoisotopic (exact) mass is 262 g/mol. The fourth-order valence-electron chi connectivity index (χ4n) is 1.65. The van der Waals surface area contributed by atoms with Crippen LogP contribution in [0.4, 0.5) is 0 Å². The molecule has 0 aromatic carbocycles. The van der Waals surface area contributed by atoms with Gasteiger partial charge in [0.25, 0.3) is 5.56 Å². The van der Waals surface area contributed by atoms with Crippen molar-refractivity contribution in [2.75, 3.05) is 0 Å². The van der Waals surface area contributed by atoms with Crippen molar-refractivity contribution < 1.29 is 0 Å². The van der Waals surface area contributed by atoms with E-state index in [0.29, 0.717) is 11.2 Å². The van der Waals surface area contributed by atoms with E-state index in [1.807, 2.05) is 41.5 Å². The molecule has 5 nitrogen and oxygen atoms in total. The van der Waals surface area contributed by atoms with Crippen molar-refractivity contribution >= 4 is 11.2 Å². The maximum absolute atomic E-state index is 11.3. The molecule has 1 N–H and O–H groups in total. The first-order valence-corrected chi connectivity index (χ1v) is 6.76. The summed E-state index contributed by atoms with van der Waals surface area (Å²) in [5.74, 6) is 1.23. The molecule has 0 saturated heterocycles. The van der Waals surface area contributed by atoms with Gasteiger partial charge in [0, 0.05) is 5.92 Å². The van der Waals surface area contributed by atoms with Crippen LogP contribution in [0.1, 0.15) is 64.9 Å². The lowest BCUT2D eigenvalue weighted by Crippen LogP contribution is -2.12. The van der Waals surface area contributed by atoms with Gasteiger partial charge in [0.1, 0.15) is 11.3 Å². The third-order valence-electron chi connectivity index (χ3n) is 2.55. The molecule has 0 aliphatic carbocycles. The standard InChI is InChI=1S/C12H16N4O.C2H6/c1-6(2)9-10-12(13-5-8(17)14-10)16-11(15-9)7(3)4;1-2/h5-7H,1-4H3,(H,14,17);1-2H3. The fourth-order valence-corrected chi connectivity index (χ4v) is 1.65. The first-order chi connectivity index (χ1) is 8.99. The first kappa shape index (κ1) is 15.3. The highest BCUT2D eigenvalue weighted by Crippen LogP contribution is 2.21. The summed E-state index contributed by atoms with van der Waals surface area (Å²) in [5, 5.41) is 0. The largest absolute Gasteiger partial charge is 0.316 e. The van der Waals surface area contributed by atoms with E-state index in [1.54, 1.807) is 0 Å². The molecule has 0 aliphatic rings. The lowest BCUT2D eigenvalue weighted by Gasteiger charge is -2.11. The Balaban J connectivity index is 0.000000861. The van der Waals surface area contributed by atoms with Crippen molar-refractivity contribution in [2.45, 2.75) is 53.4 Å². The molecule has 0 atom stereocenters. The van der Waals surface area contributed by atoms with Crippen molar-refractivity contribution in [2.24, 2.45) is 0 Å². The van der Waals surface area contributed by atoms with Crippen molar-refractivity contribution in [3.63, 3.8) is 0 Å². The SMILES string of the molecule is CC.CC(C)c1nc(C(C)C)c2[nH]c(=O)cnc2n1. The van der Waals surface area contributed by atoms with Crippen molar-refractivity contribution in [1.29, 1.82) is 0 Å². The molecule has 0 radical (unpaired) electrons. The smallest absolute Gasteiger partial charge is 0.267 e. The maximum atomic E-state index is 11.3. The van der Waals surface area contributed by atoms with E-state index in [-0.39, 0.29) is 17.4 Å². The summed E-state index contributed by atoms with van der Waals surface area (Å²) >= 11 is 0. The molecule has 2 rings (SSSR count). The van der Waals surface area contributed by atoms with Crippen molar-refractivity contribution in [3.8, 4) is 0 Å². The predicted molar refractivity (Wildman–Crippen MR) is 77.5 cm³/mol. The Labute approximate surface area is 113 Å². The van der Waals surface area contributed by atoms with E-state index in [0.717, 1.165) is 11.5 Å². The number of hydrogen-bond donors (Lipinski definition) is 1. The Morgan fingerprint density at radius 1 is 1.05 bits per heavy atom. The van der Waals surface area contributed by atoms with Crippen LogP contribution in [0, 0.1) is 0 Å². The van der Waals surface area contributed by atoms with Crippen LogP contribution in [0.3, 0.4) is 0 Å². The van der Waals surface area contributed by atoms with Gasteiger partial charge in [-0.1, -0.05) is 41.5 Å². The Bertz CT molecular complexity index is 602. The predicted octanol–water partition coefficient (Wildman–Crippen LogP) is 2.99. The number of fused-ring (bicyclic) bond motifs is 1. The normalized spacial score (nSPS) is 10.7. The summed E-state index contributed by atoms with van der Waals surface area (Å²) in [6.07, 6.45) is 1.25. The van der Waals surface area contributed by atoms with Gasteiger partial charge in [0.2, 0.25) is 0 Å². The molecule has 0 amide bonds. The molecular weight excluding hydrogens is 240 g/mol. The van der Waals surface area contributed by atoms with Gasteiger partial charge in [-0.05, 0) is 5.92 Å². The van der Waals surface area contributed by atoms with Crippen LogP contribution in [-0.2, 0) is 0 Å². The number of rotatable bonds is 2. The van der Waals surface area contributed by atoms with Crippen LogP contribution in [0.15, 0.2) is 11.0 Å². The highest BCUT2D eigenvalue weighted by Gasteiger charge is 2.14. The lowest BCUT2D eigenvalue weighted by atomic mass is 10.1. The molecule has 0 bridgehead atoms. The first-order valence-electron chi connectivity index (χ1n) is 6.76. The second-order valence-electron chi connectivity index (χ2n) is 4.72. The van der Waals surface area contributed by atoms with E-state index >= 15 is 0 Å². The molecule has 2 aromatic heterocycles. The minimum atomic E-state index is -0.222. The van der Waals surface area contributed by atoms with Gasteiger partial charge in [-0.3, -0.25) is 4.79 Å². The van der Waals surface area contributed by atoms with Crippen LogP contribution >= 0.6 is 0 Å². The van der Waals surface area contributed by atoms with Gasteiger partial charge < -0.3 is 4.98 Å². The molecular formula is C14H22N4O. The Morgan fingerprint density at radius 3 is 2.21 bits per heavy atom. The lowest BCUT2D eigenvalue weighted by molar-refractivity contribution is 0.737. The number of nitrogens with one attached hydrogen (secondary N) is 1. The fraction of sp³-hybridized carbons (Fsp3) is 0.571. The Kier molecular flexibility index (Phi) is 5.15. The molecule has 0 saturated carbocycles. The van der Waals surface area contributed by atoms with Crippen LogP contribution in [-0.4, -0.2) is 19.9 Å². The molecule has 0 unspecified atom stereocenters. The zero-order valence-electron chi connectivity index (χ0n) is 12.5. The number of aromatic nitrogens is 4. The zero-order chi connectivity index (χ0) is 14.6. The van der Waals surface area contributed by atoms with Gasteiger partial charge in [-0.25, -0.2) is 15.0 Å². The quantitative estimate of drug-likeness (QED) is 0.903. The Morgan fingerprint density at radius 2 is 1.68 bits per heavy atom. The Hall–Kier alpha value is -1.78. The van der Waals surface area contributed by atoms with E-state index in [2.05, 4.69) is 19.9 Å². The minimum Gasteiger partial charge on any atom is -0.316 e. The van der Waals surface area contributed by atoms with E-state index in [4.69, 9.17) is 0 Å². The second-order valence-corrected chi connectivity index (χ2v) is 4.72. The van der Waals surface area contributed by atoms with Crippen LogP contribution in [0.25, 0.3) is 11.2 Å². The van der Waals surface area contributed by atoms with Crippen LogP contribution in [0.5, 0.6) is 0 Å². The topological polar surface area (TPSA) is 71.5 Å². The number of nitrogens with zero attached hydrogens (tertiary/aromatic N) is 3. The summed E-state index contributed by atoms with van der Waals surface area (Å²) < 4.78 is 0. The summed E-state index contributed by atoms with van der Waals surface area (Å²) in [7, 11) is 0. The average Bonchev–Trinajstić information content (AvgIpc) is 2.39. The van der Waals surface area contributed by atoms with Gasteiger partial charge in [-0.15, -0.1) is 0 Å². The average molecular weight is 262 g/mol. The molecule has 104 valence electrons. The summed E-state index contributed by atoms with van der Waals surface area (Å²) in [5.41, 5.74) is 1.84. The molecule has 2 heterocycles.